The Labute approximate surface area is 192 Å². The van der Waals surface area contributed by atoms with Crippen LogP contribution in [-0.4, -0.2) is 42.4 Å². The molecule has 0 bridgehead atoms. The van der Waals surface area contributed by atoms with Crippen molar-refractivity contribution in [3.05, 3.63) is 71.9 Å². The van der Waals surface area contributed by atoms with E-state index < -0.39 is 28.3 Å². The number of nitrogens with zero attached hydrogens (tertiary/aromatic N) is 3. The van der Waals surface area contributed by atoms with E-state index in [2.05, 4.69) is 9.97 Å². The average molecular weight is 489 g/mol. The van der Waals surface area contributed by atoms with E-state index in [0.29, 0.717) is 28.0 Å². The van der Waals surface area contributed by atoms with Gasteiger partial charge < -0.3 is 14.0 Å². The SMILES string of the molecule is CS(=O)(=O)c1ccc(-c2cc3c(cc2F)nc2n3[C@H](c3ccccc3OC(F)F)COC2)cn1. The van der Waals surface area contributed by atoms with Crippen LogP contribution in [0.25, 0.3) is 22.2 Å². The predicted octanol–water partition coefficient (Wildman–Crippen LogP) is 4.36. The number of hydrogen-bond donors (Lipinski definition) is 0. The predicted molar refractivity (Wildman–Crippen MR) is 117 cm³/mol. The standard InChI is InChI=1S/C23H18F3N3O4S/c1-34(30,31)22-7-6-13(10-27-22)15-8-18-17(9-16(15)24)28-21-12-32-11-19(29(18)21)14-4-2-3-5-20(14)33-23(25)26/h2-10,19,23H,11-12H2,1H3/t19-/m0/s1. The second-order valence-corrected chi connectivity index (χ2v) is 9.79. The molecule has 0 unspecified atom stereocenters. The number of aromatic nitrogens is 3. The molecular weight excluding hydrogens is 471 g/mol. The van der Waals surface area contributed by atoms with Gasteiger partial charge in [0.1, 0.15) is 24.0 Å². The van der Waals surface area contributed by atoms with Gasteiger partial charge in [-0.2, -0.15) is 8.78 Å². The van der Waals surface area contributed by atoms with Crippen LogP contribution >= 0.6 is 0 Å². The first kappa shape index (κ1) is 22.4. The quantitative estimate of drug-likeness (QED) is 0.414. The van der Waals surface area contributed by atoms with Crippen molar-refractivity contribution < 1.29 is 31.1 Å². The third kappa shape index (κ3) is 4.01. The molecule has 0 amide bonds. The maximum absolute atomic E-state index is 15.0. The van der Waals surface area contributed by atoms with E-state index in [1.165, 1.54) is 30.5 Å². The number of pyridine rings is 1. The van der Waals surface area contributed by atoms with Crippen LogP contribution in [0.4, 0.5) is 13.2 Å². The number of benzene rings is 2. The molecule has 0 N–H and O–H groups in total. The van der Waals surface area contributed by atoms with Crippen LogP contribution in [0.3, 0.4) is 0 Å². The lowest BCUT2D eigenvalue weighted by Gasteiger charge is -2.28. The highest BCUT2D eigenvalue weighted by Crippen LogP contribution is 2.37. The summed E-state index contributed by atoms with van der Waals surface area (Å²) in [6, 6.07) is 11.6. The van der Waals surface area contributed by atoms with Crippen molar-refractivity contribution in [2.24, 2.45) is 0 Å². The Morgan fingerprint density at radius 1 is 1.18 bits per heavy atom. The molecule has 0 aliphatic carbocycles. The van der Waals surface area contributed by atoms with Gasteiger partial charge in [0.25, 0.3) is 0 Å². The van der Waals surface area contributed by atoms with Crippen molar-refractivity contribution in [2.45, 2.75) is 24.3 Å². The largest absolute Gasteiger partial charge is 0.434 e. The van der Waals surface area contributed by atoms with Crippen molar-refractivity contribution in [3.63, 3.8) is 0 Å². The van der Waals surface area contributed by atoms with Gasteiger partial charge in [0.15, 0.2) is 14.9 Å². The molecule has 0 radical (unpaired) electrons. The van der Waals surface area contributed by atoms with Crippen LogP contribution in [0.1, 0.15) is 17.4 Å². The number of sulfone groups is 1. The van der Waals surface area contributed by atoms with E-state index in [0.717, 1.165) is 6.26 Å². The fourth-order valence-corrected chi connectivity index (χ4v) is 4.68. The lowest BCUT2D eigenvalue weighted by molar-refractivity contribution is -0.0512. The third-order valence-electron chi connectivity index (χ3n) is 5.59. The van der Waals surface area contributed by atoms with E-state index >= 15 is 4.39 Å². The molecule has 176 valence electrons. The van der Waals surface area contributed by atoms with E-state index in [1.54, 1.807) is 24.3 Å². The van der Waals surface area contributed by atoms with Gasteiger partial charge in [-0.3, -0.25) is 0 Å². The molecule has 0 saturated carbocycles. The van der Waals surface area contributed by atoms with Crippen LogP contribution in [0.15, 0.2) is 59.8 Å². The van der Waals surface area contributed by atoms with Gasteiger partial charge in [0, 0.05) is 35.2 Å². The third-order valence-corrected chi connectivity index (χ3v) is 6.59. The normalized spacial score (nSPS) is 16.1. The number of hydrogen-bond acceptors (Lipinski definition) is 6. The number of alkyl halides is 2. The highest BCUT2D eigenvalue weighted by molar-refractivity contribution is 7.90. The van der Waals surface area contributed by atoms with Gasteiger partial charge in [0.05, 0.1) is 23.7 Å². The molecule has 2 aromatic carbocycles. The second kappa shape index (κ2) is 8.41. The summed E-state index contributed by atoms with van der Waals surface area (Å²) in [5.41, 5.74) is 2.00. The Morgan fingerprint density at radius 3 is 2.68 bits per heavy atom. The number of imidazole rings is 1. The Hall–Kier alpha value is -3.44. The lowest BCUT2D eigenvalue weighted by atomic mass is 10.0. The maximum atomic E-state index is 15.0. The first-order valence-electron chi connectivity index (χ1n) is 10.2. The summed E-state index contributed by atoms with van der Waals surface area (Å²) in [6.45, 7) is -2.64. The smallest absolute Gasteiger partial charge is 0.387 e. The van der Waals surface area contributed by atoms with Crippen LogP contribution in [-0.2, 0) is 21.2 Å². The summed E-state index contributed by atoms with van der Waals surface area (Å²) in [4.78, 5) is 8.42. The molecule has 5 rings (SSSR count). The van der Waals surface area contributed by atoms with E-state index in [-0.39, 0.29) is 29.6 Å². The van der Waals surface area contributed by atoms with Gasteiger partial charge in [0.2, 0.25) is 0 Å². The highest BCUT2D eigenvalue weighted by atomic mass is 32.2. The zero-order chi connectivity index (χ0) is 24.0. The molecule has 1 aliphatic heterocycles. The first-order valence-corrected chi connectivity index (χ1v) is 12.1. The molecule has 11 heteroatoms. The zero-order valence-electron chi connectivity index (χ0n) is 17.8. The van der Waals surface area contributed by atoms with Gasteiger partial charge >= 0.3 is 6.61 Å². The molecule has 34 heavy (non-hydrogen) atoms. The van der Waals surface area contributed by atoms with Crippen molar-refractivity contribution >= 4 is 20.9 Å². The van der Waals surface area contributed by atoms with Crippen LogP contribution in [0.5, 0.6) is 5.75 Å². The Kier molecular flexibility index (Phi) is 5.53. The van der Waals surface area contributed by atoms with Crippen molar-refractivity contribution in [2.75, 3.05) is 12.9 Å². The molecule has 4 aromatic rings. The number of fused-ring (bicyclic) bond motifs is 3. The summed E-state index contributed by atoms with van der Waals surface area (Å²) in [6.07, 6.45) is 2.33. The molecule has 2 aromatic heterocycles. The minimum absolute atomic E-state index is 0.0173. The van der Waals surface area contributed by atoms with Gasteiger partial charge in [-0.25, -0.2) is 22.8 Å². The van der Waals surface area contributed by atoms with E-state index in [9.17, 15) is 17.2 Å². The average Bonchev–Trinajstić information content (AvgIpc) is 3.15. The highest BCUT2D eigenvalue weighted by Gasteiger charge is 2.29. The molecule has 1 atom stereocenters. The van der Waals surface area contributed by atoms with Gasteiger partial charge in [-0.1, -0.05) is 18.2 Å². The van der Waals surface area contributed by atoms with Crippen molar-refractivity contribution in [3.8, 4) is 16.9 Å². The fourth-order valence-electron chi connectivity index (χ4n) is 4.12. The molecule has 7 nitrogen and oxygen atoms in total. The summed E-state index contributed by atoms with van der Waals surface area (Å²) < 4.78 is 76.6. The fraction of sp³-hybridized carbons (Fsp3) is 0.217. The Bertz CT molecular complexity index is 1490. The van der Waals surface area contributed by atoms with Crippen molar-refractivity contribution in [1.29, 1.82) is 0 Å². The van der Waals surface area contributed by atoms with Crippen molar-refractivity contribution in [1.82, 2.24) is 14.5 Å². The molecular formula is C23H18F3N3O4S. The number of halogens is 3. The second-order valence-electron chi connectivity index (χ2n) is 7.82. The van der Waals surface area contributed by atoms with Gasteiger partial charge in [-0.05, 0) is 24.3 Å². The zero-order valence-corrected chi connectivity index (χ0v) is 18.6. The summed E-state index contributed by atoms with van der Waals surface area (Å²) in [5, 5.41) is -0.118. The van der Waals surface area contributed by atoms with Crippen LogP contribution < -0.4 is 4.74 Å². The summed E-state index contributed by atoms with van der Waals surface area (Å²) in [7, 11) is -3.50. The van der Waals surface area contributed by atoms with Crippen LogP contribution in [0.2, 0.25) is 0 Å². The minimum atomic E-state index is -3.50. The maximum Gasteiger partial charge on any atom is 0.387 e. The van der Waals surface area contributed by atoms with Gasteiger partial charge in [-0.15, -0.1) is 0 Å². The minimum Gasteiger partial charge on any atom is -0.434 e. The Balaban J connectivity index is 1.65. The molecule has 0 spiro atoms. The summed E-state index contributed by atoms with van der Waals surface area (Å²) in [5.74, 6) is -0.0281. The number of para-hydroxylation sites is 1. The first-order chi connectivity index (χ1) is 16.2. The number of rotatable bonds is 5. The molecule has 0 fully saturated rings. The Morgan fingerprint density at radius 2 is 1.97 bits per heavy atom. The monoisotopic (exact) mass is 489 g/mol. The van der Waals surface area contributed by atoms with Crippen LogP contribution in [0, 0.1) is 5.82 Å². The lowest BCUT2D eigenvalue weighted by Crippen LogP contribution is -2.25. The molecule has 1 aliphatic rings. The molecule has 3 heterocycles. The number of ether oxygens (including phenoxy) is 2. The topological polar surface area (TPSA) is 83.3 Å². The molecule has 0 saturated heterocycles. The summed E-state index contributed by atoms with van der Waals surface area (Å²) >= 11 is 0. The van der Waals surface area contributed by atoms with E-state index in [1.807, 2.05) is 4.57 Å². The van der Waals surface area contributed by atoms with E-state index in [4.69, 9.17) is 9.47 Å².